The minimum absolute atomic E-state index is 0.0199. The van der Waals surface area contributed by atoms with E-state index in [-0.39, 0.29) is 11.8 Å². The van der Waals surface area contributed by atoms with Crippen molar-refractivity contribution in [2.45, 2.75) is 44.9 Å². The standard InChI is InChI=1S/C25H24ClNO2/c1-2-16-5-8-20(14-21(16)22-12-15-3-4-18(11-15)25(22)28)29-24-10-6-17-13-19(26)7-9-23(17)27-24/h5-10,13-15,18,22H,2-4,11-12H2,1H3. The molecule has 1 aromatic heterocycles. The van der Waals surface area contributed by atoms with Crippen LogP contribution in [0.5, 0.6) is 11.6 Å². The van der Waals surface area contributed by atoms with E-state index in [4.69, 9.17) is 16.3 Å². The lowest BCUT2D eigenvalue weighted by Crippen LogP contribution is -2.27. The van der Waals surface area contributed by atoms with E-state index in [1.807, 2.05) is 36.4 Å². The van der Waals surface area contributed by atoms with Crippen LogP contribution in [-0.2, 0) is 11.2 Å². The summed E-state index contributed by atoms with van der Waals surface area (Å²) in [5.41, 5.74) is 3.24. The summed E-state index contributed by atoms with van der Waals surface area (Å²) in [4.78, 5) is 17.6. The summed E-state index contributed by atoms with van der Waals surface area (Å²) in [6.07, 6.45) is 5.28. The second-order valence-corrected chi connectivity index (χ2v) is 8.81. The number of aromatic nitrogens is 1. The van der Waals surface area contributed by atoms with Crippen molar-refractivity contribution in [1.29, 1.82) is 0 Å². The highest BCUT2D eigenvalue weighted by Gasteiger charge is 2.41. The molecule has 3 nitrogen and oxygen atoms in total. The van der Waals surface area contributed by atoms with Crippen LogP contribution in [0.1, 0.15) is 49.7 Å². The first-order chi connectivity index (χ1) is 14.1. The number of ether oxygens (including phenoxy) is 1. The zero-order chi connectivity index (χ0) is 20.0. The molecule has 0 saturated heterocycles. The van der Waals surface area contributed by atoms with Gasteiger partial charge in [-0.2, -0.15) is 0 Å². The van der Waals surface area contributed by atoms with Crippen LogP contribution in [0, 0.1) is 11.8 Å². The minimum Gasteiger partial charge on any atom is -0.439 e. The van der Waals surface area contributed by atoms with Gasteiger partial charge in [0.15, 0.2) is 0 Å². The molecule has 29 heavy (non-hydrogen) atoms. The SMILES string of the molecule is CCc1ccc(Oc2ccc3cc(Cl)ccc3n2)cc1C1CC2CCC(C2)C1=O. The fraction of sp³-hybridized carbons (Fsp3) is 0.360. The predicted molar refractivity (Wildman–Crippen MR) is 116 cm³/mol. The van der Waals surface area contributed by atoms with Crippen molar-refractivity contribution in [2.75, 3.05) is 0 Å². The van der Waals surface area contributed by atoms with Crippen molar-refractivity contribution >= 4 is 28.3 Å². The highest BCUT2D eigenvalue weighted by Crippen LogP contribution is 2.47. The average Bonchev–Trinajstić information content (AvgIpc) is 3.14. The molecule has 3 aromatic rings. The van der Waals surface area contributed by atoms with Crippen LogP contribution < -0.4 is 4.74 Å². The van der Waals surface area contributed by atoms with Gasteiger partial charge in [-0.05, 0) is 85.5 Å². The molecule has 3 unspecified atom stereocenters. The number of hydrogen-bond donors (Lipinski definition) is 0. The molecule has 2 saturated carbocycles. The molecular weight excluding hydrogens is 382 g/mol. The third-order valence-corrected chi connectivity index (χ3v) is 6.81. The molecule has 2 bridgehead atoms. The highest BCUT2D eigenvalue weighted by molar-refractivity contribution is 6.31. The quantitative estimate of drug-likeness (QED) is 0.483. The lowest BCUT2D eigenvalue weighted by molar-refractivity contribution is -0.125. The van der Waals surface area contributed by atoms with Crippen molar-refractivity contribution in [1.82, 2.24) is 4.98 Å². The Bertz CT molecular complexity index is 1090. The van der Waals surface area contributed by atoms with Gasteiger partial charge in [-0.1, -0.05) is 24.6 Å². The number of pyridine rings is 1. The third kappa shape index (κ3) is 3.53. The van der Waals surface area contributed by atoms with Crippen molar-refractivity contribution in [3.8, 4) is 11.6 Å². The van der Waals surface area contributed by atoms with Crippen molar-refractivity contribution in [3.63, 3.8) is 0 Å². The predicted octanol–water partition coefficient (Wildman–Crippen LogP) is 6.72. The molecule has 148 valence electrons. The zero-order valence-corrected chi connectivity index (χ0v) is 17.3. The number of Topliss-reactive ketones (excluding diaryl/α,β-unsaturated/α-hetero) is 1. The molecule has 2 aromatic carbocycles. The van der Waals surface area contributed by atoms with Crippen LogP contribution >= 0.6 is 11.6 Å². The maximum absolute atomic E-state index is 13.0. The number of rotatable bonds is 4. The molecule has 0 N–H and O–H groups in total. The first-order valence-corrected chi connectivity index (χ1v) is 10.9. The zero-order valence-electron chi connectivity index (χ0n) is 16.5. The first kappa shape index (κ1) is 18.6. The Morgan fingerprint density at radius 2 is 1.97 bits per heavy atom. The minimum atomic E-state index is 0.0199. The highest BCUT2D eigenvalue weighted by atomic mass is 35.5. The van der Waals surface area contributed by atoms with Crippen LogP contribution in [0.25, 0.3) is 10.9 Å². The first-order valence-electron chi connectivity index (χ1n) is 10.5. The fourth-order valence-electron chi connectivity index (χ4n) is 5.10. The van der Waals surface area contributed by atoms with Crippen LogP contribution in [0.4, 0.5) is 0 Å². The Morgan fingerprint density at radius 3 is 2.83 bits per heavy atom. The molecule has 0 spiro atoms. The Labute approximate surface area is 176 Å². The third-order valence-electron chi connectivity index (χ3n) is 6.58. The van der Waals surface area contributed by atoms with Crippen LogP contribution in [0.3, 0.4) is 0 Å². The summed E-state index contributed by atoms with van der Waals surface area (Å²) in [6, 6.07) is 15.6. The van der Waals surface area contributed by atoms with Gasteiger partial charge in [-0.3, -0.25) is 4.79 Å². The van der Waals surface area contributed by atoms with Gasteiger partial charge in [0.1, 0.15) is 11.5 Å². The van der Waals surface area contributed by atoms with Gasteiger partial charge in [0.2, 0.25) is 5.88 Å². The van der Waals surface area contributed by atoms with Gasteiger partial charge in [-0.15, -0.1) is 0 Å². The summed E-state index contributed by atoms with van der Waals surface area (Å²) in [7, 11) is 0. The molecule has 0 amide bonds. The van der Waals surface area contributed by atoms with Crippen molar-refractivity contribution < 1.29 is 9.53 Å². The molecule has 2 fully saturated rings. The summed E-state index contributed by atoms with van der Waals surface area (Å²) in [6.45, 7) is 2.15. The molecular formula is C25H24ClNO2. The number of carbonyl (C=O) groups excluding carboxylic acids is 1. The number of aryl methyl sites for hydroxylation is 1. The number of carbonyl (C=O) groups is 1. The van der Waals surface area contributed by atoms with Gasteiger partial charge in [0.25, 0.3) is 0 Å². The summed E-state index contributed by atoms with van der Waals surface area (Å²) in [5, 5.41) is 1.68. The van der Waals surface area contributed by atoms with E-state index in [1.54, 1.807) is 0 Å². The van der Waals surface area contributed by atoms with E-state index >= 15 is 0 Å². The smallest absolute Gasteiger partial charge is 0.219 e. The maximum Gasteiger partial charge on any atom is 0.219 e. The van der Waals surface area contributed by atoms with Crippen LogP contribution in [0.2, 0.25) is 5.02 Å². The number of halogens is 1. The molecule has 0 radical (unpaired) electrons. The molecule has 4 heteroatoms. The van der Waals surface area contributed by atoms with E-state index < -0.39 is 0 Å². The number of fused-ring (bicyclic) bond motifs is 3. The van der Waals surface area contributed by atoms with E-state index in [0.717, 1.165) is 47.9 Å². The number of hydrogen-bond acceptors (Lipinski definition) is 3. The number of ketones is 1. The van der Waals surface area contributed by atoms with Gasteiger partial charge < -0.3 is 4.74 Å². The molecule has 2 aliphatic carbocycles. The van der Waals surface area contributed by atoms with Crippen LogP contribution in [-0.4, -0.2) is 10.8 Å². The van der Waals surface area contributed by atoms with E-state index in [1.165, 1.54) is 12.0 Å². The summed E-state index contributed by atoms with van der Waals surface area (Å²) < 4.78 is 6.10. The normalized spacial score (nSPS) is 23.5. The lowest BCUT2D eigenvalue weighted by atomic mass is 9.75. The molecule has 0 aliphatic heterocycles. The van der Waals surface area contributed by atoms with E-state index in [0.29, 0.717) is 22.6 Å². The van der Waals surface area contributed by atoms with Gasteiger partial charge in [0, 0.05) is 28.3 Å². The lowest BCUT2D eigenvalue weighted by Gasteiger charge is -2.28. The second-order valence-electron chi connectivity index (χ2n) is 8.37. The Balaban J connectivity index is 1.46. The van der Waals surface area contributed by atoms with Crippen molar-refractivity contribution in [2.24, 2.45) is 11.8 Å². The van der Waals surface area contributed by atoms with E-state index in [9.17, 15) is 4.79 Å². The van der Waals surface area contributed by atoms with Crippen molar-refractivity contribution in [3.05, 3.63) is 64.7 Å². The largest absolute Gasteiger partial charge is 0.439 e. The number of nitrogens with zero attached hydrogens (tertiary/aromatic N) is 1. The Kier molecular flexibility index (Phi) is 4.79. The molecule has 5 rings (SSSR count). The summed E-state index contributed by atoms with van der Waals surface area (Å²) in [5.74, 6) is 2.71. The topological polar surface area (TPSA) is 39.2 Å². The molecule has 2 aliphatic rings. The van der Waals surface area contributed by atoms with Gasteiger partial charge in [0.05, 0.1) is 5.52 Å². The average molecular weight is 406 g/mol. The molecule has 1 heterocycles. The second kappa shape index (κ2) is 7.46. The number of benzene rings is 2. The fourth-order valence-corrected chi connectivity index (χ4v) is 5.28. The van der Waals surface area contributed by atoms with Gasteiger partial charge in [-0.25, -0.2) is 4.98 Å². The maximum atomic E-state index is 13.0. The monoisotopic (exact) mass is 405 g/mol. The van der Waals surface area contributed by atoms with Crippen LogP contribution in [0.15, 0.2) is 48.5 Å². The summed E-state index contributed by atoms with van der Waals surface area (Å²) >= 11 is 6.06. The Morgan fingerprint density at radius 1 is 1.07 bits per heavy atom. The Hall–Kier alpha value is -2.39. The van der Waals surface area contributed by atoms with Gasteiger partial charge >= 0.3 is 0 Å². The van der Waals surface area contributed by atoms with E-state index in [2.05, 4.69) is 24.0 Å². The molecule has 3 atom stereocenters.